The van der Waals surface area contributed by atoms with Gasteiger partial charge in [-0.2, -0.15) is 0 Å². The topological polar surface area (TPSA) is 35.9 Å². The van der Waals surface area contributed by atoms with Crippen LogP contribution in [0.1, 0.15) is 32.6 Å². The van der Waals surface area contributed by atoms with Crippen molar-refractivity contribution in [1.82, 2.24) is 9.80 Å². The van der Waals surface area contributed by atoms with Gasteiger partial charge in [0.25, 0.3) is 0 Å². The quantitative estimate of drug-likeness (QED) is 0.804. The first-order valence-electron chi connectivity index (χ1n) is 7.54. The molecule has 3 rings (SSSR count). The highest BCUT2D eigenvalue weighted by atomic mass is 16.5. The van der Waals surface area contributed by atoms with Gasteiger partial charge in [0.15, 0.2) is 0 Å². The zero-order chi connectivity index (χ0) is 12.5. The molecule has 3 aliphatic rings. The van der Waals surface area contributed by atoms with E-state index in [1.54, 1.807) is 0 Å². The van der Waals surface area contributed by atoms with Gasteiger partial charge in [-0.15, -0.1) is 0 Å². The predicted molar refractivity (Wildman–Crippen MR) is 70.6 cm³/mol. The van der Waals surface area contributed by atoms with E-state index in [0.29, 0.717) is 18.2 Å². The lowest BCUT2D eigenvalue weighted by molar-refractivity contribution is -0.0610. The van der Waals surface area contributed by atoms with Crippen molar-refractivity contribution in [3.05, 3.63) is 0 Å². The number of morpholine rings is 1. The van der Waals surface area contributed by atoms with Crippen LogP contribution in [0, 0.1) is 0 Å². The summed E-state index contributed by atoms with van der Waals surface area (Å²) in [6, 6.07) is 1.22. The Morgan fingerprint density at radius 2 is 1.94 bits per heavy atom. The minimum Gasteiger partial charge on any atom is -0.393 e. The Bertz CT molecular complexity index is 273. The largest absolute Gasteiger partial charge is 0.393 e. The van der Waals surface area contributed by atoms with Crippen molar-refractivity contribution in [1.29, 1.82) is 0 Å². The molecule has 3 atom stereocenters. The zero-order valence-electron chi connectivity index (χ0n) is 11.4. The van der Waals surface area contributed by atoms with E-state index in [0.717, 1.165) is 45.6 Å². The first kappa shape index (κ1) is 12.9. The molecule has 1 N–H and O–H groups in total. The minimum atomic E-state index is -0.0573. The van der Waals surface area contributed by atoms with Gasteiger partial charge in [0, 0.05) is 31.7 Å². The molecule has 18 heavy (non-hydrogen) atoms. The molecule has 3 saturated heterocycles. The number of fused-ring (bicyclic) bond motifs is 2. The normalized spacial score (nSPS) is 42.3. The van der Waals surface area contributed by atoms with Crippen LogP contribution in [0.2, 0.25) is 0 Å². The van der Waals surface area contributed by atoms with Gasteiger partial charge < -0.3 is 9.84 Å². The number of aliphatic hydroxyl groups excluding tert-OH is 1. The molecule has 0 amide bonds. The average molecular weight is 254 g/mol. The molecular formula is C14H26N2O2. The molecule has 0 aliphatic carbocycles. The summed E-state index contributed by atoms with van der Waals surface area (Å²) in [6.45, 7) is 7.46. The molecule has 0 aromatic rings. The Labute approximate surface area is 110 Å². The smallest absolute Gasteiger partial charge is 0.0829 e. The number of hydrogen-bond donors (Lipinski definition) is 1. The molecule has 0 aromatic carbocycles. The summed E-state index contributed by atoms with van der Waals surface area (Å²) in [4.78, 5) is 5.10. The predicted octanol–water partition coefficient (Wildman–Crippen LogP) is 0.695. The molecule has 0 radical (unpaired) electrons. The summed E-state index contributed by atoms with van der Waals surface area (Å²) < 4.78 is 5.92. The molecule has 0 aromatic heterocycles. The van der Waals surface area contributed by atoms with E-state index in [1.807, 2.05) is 0 Å². The maximum atomic E-state index is 9.83. The summed E-state index contributed by atoms with van der Waals surface area (Å²) in [5.41, 5.74) is 0. The third-order valence-electron chi connectivity index (χ3n) is 4.94. The Balaban J connectivity index is 1.56. The summed E-state index contributed by atoms with van der Waals surface area (Å²) >= 11 is 0. The molecule has 0 saturated carbocycles. The van der Waals surface area contributed by atoms with E-state index in [-0.39, 0.29) is 6.10 Å². The molecule has 0 spiro atoms. The number of aliphatic hydroxyl groups is 1. The number of ether oxygens (including phenoxy) is 1. The summed E-state index contributed by atoms with van der Waals surface area (Å²) in [6.07, 6.45) is 4.80. The fraction of sp³-hybridized carbons (Fsp3) is 1.00. The third kappa shape index (κ3) is 2.57. The van der Waals surface area contributed by atoms with Crippen molar-refractivity contribution in [2.24, 2.45) is 0 Å². The van der Waals surface area contributed by atoms with Crippen LogP contribution in [-0.4, -0.2) is 72.0 Å². The van der Waals surface area contributed by atoms with Crippen LogP contribution >= 0.6 is 0 Å². The van der Waals surface area contributed by atoms with Gasteiger partial charge in [0.1, 0.15) is 0 Å². The monoisotopic (exact) mass is 254 g/mol. The zero-order valence-corrected chi connectivity index (χ0v) is 11.4. The van der Waals surface area contributed by atoms with Crippen LogP contribution in [0.4, 0.5) is 0 Å². The Kier molecular flexibility index (Phi) is 3.89. The van der Waals surface area contributed by atoms with Crippen LogP contribution in [0.3, 0.4) is 0 Å². The Hall–Kier alpha value is -0.160. The van der Waals surface area contributed by atoms with Crippen molar-refractivity contribution in [2.75, 3.05) is 32.8 Å². The van der Waals surface area contributed by atoms with Crippen molar-refractivity contribution in [3.63, 3.8) is 0 Å². The second-order valence-corrected chi connectivity index (χ2v) is 6.09. The molecule has 2 bridgehead atoms. The lowest BCUT2D eigenvalue weighted by Crippen LogP contribution is -2.52. The maximum absolute atomic E-state index is 9.83. The number of hydrogen-bond acceptors (Lipinski definition) is 4. The second kappa shape index (κ2) is 5.45. The van der Waals surface area contributed by atoms with Gasteiger partial charge in [0.2, 0.25) is 0 Å². The van der Waals surface area contributed by atoms with Gasteiger partial charge in [-0.25, -0.2) is 0 Å². The highest BCUT2D eigenvalue weighted by molar-refractivity contribution is 4.96. The highest BCUT2D eigenvalue weighted by Gasteiger charge is 2.41. The van der Waals surface area contributed by atoms with Crippen LogP contribution < -0.4 is 0 Å². The number of rotatable bonds is 3. The molecule has 3 unspecified atom stereocenters. The summed E-state index contributed by atoms with van der Waals surface area (Å²) in [5, 5.41) is 9.83. The van der Waals surface area contributed by atoms with Gasteiger partial charge in [-0.1, -0.05) is 6.92 Å². The van der Waals surface area contributed by atoms with E-state index in [1.165, 1.54) is 12.8 Å². The minimum absolute atomic E-state index is 0.0573. The number of piperidine rings is 1. The fourth-order valence-electron chi connectivity index (χ4n) is 3.96. The number of nitrogens with zero attached hydrogens (tertiary/aromatic N) is 2. The third-order valence-corrected chi connectivity index (χ3v) is 4.94. The van der Waals surface area contributed by atoms with Crippen LogP contribution in [-0.2, 0) is 4.74 Å². The fourth-order valence-corrected chi connectivity index (χ4v) is 3.96. The Morgan fingerprint density at radius 3 is 2.61 bits per heavy atom. The molecule has 3 fully saturated rings. The van der Waals surface area contributed by atoms with Crippen molar-refractivity contribution in [3.8, 4) is 0 Å². The van der Waals surface area contributed by atoms with Crippen LogP contribution in [0.15, 0.2) is 0 Å². The van der Waals surface area contributed by atoms with Gasteiger partial charge in [-0.05, 0) is 32.2 Å². The van der Waals surface area contributed by atoms with Crippen LogP contribution in [0.25, 0.3) is 0 Å². The first-order valence-corrected chi connectivity index (χ1v) is 7.54. The maximum Gasteiger partial charge on any atom is 0.0829 e. The van der Waals surface area contributed by atoms with E-state index >= 15 is 0 Å². The van der Waals surface area contributed by atoms with E-state index < -0.39 is 0 Å². The average Bonchev–Trinajstić information content (AvgIpc) is 2.62. The van der Waals surface area contributed by atoms with E-state index in [4.69, 9.17) is 4.74 Å². The standard InChI is InChI=1S/C14H26N2O2/c1-2-15-5-6-18-14(9-15)10-16-11-3-4-12(16)8-13(17)7-11/h11-14,17H,2-10H2,1H3. The summed E-state index contributed by atoms with van der Waals surface area (Å²) in [7, 11) is 0. The van der Waals surface area contributed by atoms with Crippen LogP contribution in [0.5, 0.6) is 0 Å². The Morgan fingerprint density at radius 1 is 1.22 bits per heavy atom. The molecule has 4 nitrogen and oxygen atoms in total. The molecule has 4 heteroatoms. The molecule has 104 valence electrons. The highest BCUT2D eigenvalue weighted by Crippen LogP contribution is 2.35. The summed E-state index contributed by atoms with van der Waals surface area (Å²) in [5.74, 6) is 0. The molecule has 3 heterocycles. The lowest BCUT2D eigenvalue weighted by atomic mass is 9.99. The van der Waals surface area contributed by atoms with E-state index in [9.17, 15) is 5.11 Å². The van der Waals surface area contributed by atoms with Gasteiger partial charge in [0.05, 0.1) is 18.8 Å². The second-order valence-electron chi connectivity index (χ2n) is 6.09. The van der Waals surface area contributed by atoms with E-state index in [2.05, 4.69) is 16.7 Å². The van der Waals surface area contributed by atoms with Crippen molar-refractivity contribution < 1.29 is 9.84 Å². The first-order chi connectivity index (χ1) is 8.76. The molecular weight excluding hydrogens is 228 g/mol. The number of likely N-dealkylation sites (N-methyl/N-ethyl adjacent to an activating group) is 1. The van der Waals surface area contributed by atoms with Crippen molar-refractivity contribution >= 4 is 0 Å². The van der Waals surface area contributed by atoms with Gasteiger partial charge in [-0.3, -0.25) is 9.80 Å². The van der Waals surface area contributed by atoms with Crippen molar-refractivity contribution in [2.45, 2.75) is 56.9 Å². The SMILES string of the molecule is CCN1CCOC(CN2C3CCC2CC(O)C3)C1. The van der Waals surface area contributed by atoms with Gasteiger partial charge >= 0.3 is 0 Å². The lowest BCUT2D eigenvalue weighted by Gasteiger charge is -2.41. The molecule has 3 aliphatic heterocycles.